The molecule has 2 amide bonds. The van der Waals surface area contributed by atoms with Crippen LogP contribution in [0.4, 0.5) is 5.00 Å². The van der Waals surface area contributed by atoms with Crippen molar-refractivity contribution in [2.45, 2.75) is 59.1 Å². The van der Waals surface area contributed by atoms with Crippen molar-refractivity contribution in [2.75, 3.05) is 11.9 Å². The van der Waals surface area contributed by atoms with E-state index in [2.05, 4.69) is 5.32 Å². The summed E-state index contributed by atoms with van der Waals surface area (Å²) in [6.07, 6.45) is 2.70. The Hall–Kier alpha value is -1.89. The van der Waals surface area contributed by atoms with Gasteiger partial charge >= 0.3 is 5.97 Å². The highest BCUT2D eigenvalue weighted by Gasteiger charge is 2.37. The van der Waals surface area contributed by atoms with Crippen LogP contribution in [0.5, 0.6) is 0 Å². The van der Waals surface area contributed by atoms with Crippen LogP contribution in [0, 0.1) is 5.92 Å². The Morgan fingerprint density at radius 2 is 2.04 bits per heavy atom. The number of carbonyl (C=O) groups excluding carboxylic acids is 3. The average Bonchev–Trinajstić information content (AvgIpc) is 3.34. The molecule has 25 heavy (non-hydrogen) atoms. The molecule has 0 unspecified atom stereocenters. The number of anilines is 1. The monoisotopic (exact) mass is 364 g/mol. The smallest absolute Gasteiger partial charge is 0.341 e. The highest BCUT2D eigenvalue weighted by Crippen LogP contribution is 2.39. The summed E-state index contributed by atoms with van der Waals surface area (Å²) in [5.41, 5.74) is 1.39. The van der Waals surface area contributed by atoms with Gasteiger partial charge in [-0.05, 0) is 38.7 Å². The van der Waals surface area contributed by atoms with E-state index in [1.807, 2.05) is 4.90 Å². The number of carbonyl (C=O) groups is 3. The summed E-state index contributed by atoms with van der Waals surface area (Å²) in [7, 11) is 0. The van der Waals surface area contributed by atoms with Gasteiger partial charge in [-0.25, -0.2) is 4.79 Å². The molecule has 1 saturated carbocycles. The van der Waals surface area contributed by atoms with Gasteiger partial charge in [0, 0.05) is 23.8 Å². The second-order valence-electron chi connectivity index (χ2n) is 6.85. The lowest BCUT2D eigenvalue weighted by Crippen LogP contribution is -2.36. The van der Waals surface area contributed by atoms with Gasteiger partial charge in [0.1, 0.15) is 5.00 Å². The number of hydrogen-bond acceptors (Lipinski definition) is 5. The molecule has 0 saturated heterocycles. The van der Waals surface area contributed by atoms with Crippen LogP contribution >= 0.6 is 11.3 Å². The first-order chi connectivity index (χ1) is 11.9. The zero-order chi connectivity index (χ0) is 18.1. The molecule has 0 radical (unpaired) electrons. The van der Waals surface area contributed by atoms with E-state index in [0.29, 0.717) is 36.5 Å². The second kappa shape index (κ2) is 7.15. The molecule has 1 aliphatic heterocycles. The number of nitrogens with one attached hydrogen (secondary N) is 1. The lowest BCUT2D eigenvalue weighted by atomic mass is 10.0. The minimum Gasteiger partial charge on any atom is -0.459 e. The third-order valence-electron chi connectivity index (χ3n) is 4.42. The Labute approximate surface area is 151 Å². The number of amides is 2. The highest BCUT2D eigenvalue weighted by molar-refractivity contribution is 7.17. The van der Waals surface area contributed by atoms with Crippen molar-refractivity contribution in [2.24, 2.45) is 5.92 Å². The van der Waals surface area contributed by atoms with E-state index >= 15 is 0 Å². The minimum atomic E-state index is -0.402. The lowest BCUT2D eigenvalue weighted by molar-refractivity contribution is -0.133. The van der Waals surface area contributed by atoms with Gasteiger partial charge in [0.05, 0.1) is 18.2 Å². The SMILES string of the molecule is CCC(=O)Nc1sc2c(c1C(=O)OC(C)C)CCN(C(=O)C1CC1)C2. The zero-order valence-electron chi connectivity index (χ0n) is 14.9. The number of ether oxygens (including phenoxy) is 1. The Morgan fingerprint density at radius 3 is 2.64 bits per heavy atom. The van der Waals surface area contributed by atoms with E-state index < -0.39 is 5.97 Å². The molecular formula is C18H24N2O4S. The first kappa shape index (κ1) is 17.9. The number of esters is 1. The molecule has 0 atom stereocenters. The largest absolute Gasteiger partial charge is 0.459 e. The summed E-state index contributed by atoms with van der Waals surface area (Å²) in [5.74, 6) is -0.139. The van der Waals surface area contributed by atoms with E-state index in [0.717, 1.165) is 23.3 Å². The van der Waals surface area contributed by atoms with Crippen LogP contribution in [0.15, 0.2) is 0 Å². The van der Waals surface area contributed by atoms with Crippen LogP contribution in [0.1, 0.15) is 60.8 Å². The molecule has 1 fully saturated rings. The Kier molecular flexibility index (Phi) is 5.13. The standard InChI is InChI=1S/C18H24N2O4S/c1-4-14(21)19-16-15(18(23)24-10(2)3)12-7-8-20(9-13(12)25-16)17(22)11-5-6-11/h10-11H,4-9H2,1-3H3,(H,19,21). The molecule has 1 aliphatic carbocycles. The summed E-state index contributed by atoms with van der Waals surface area (Å²) < 4.78 is 5.37. The first-order valence-electron chi connectivity index (χ1n) is 8.84. The van der Waals surface area contributed by atoms with Gasteiger partial charge in [0.2, 0.25) is 11.8 Å². The van der Waals surface area contributed by atoms with Crippen molar-refractivity contribution < 1.29 is 19.1 Å². The van der Waals surface area contributed by atoms with Crippen molar-refractivity contribution in [1.82, 2.24) is 4.90 Å². The van der Waals surface area contributed by atoms with Crippen LogP contribution in [0.25, 0.3) is 0 Å². The first-order valence-corrected chi connectivity index (χ1v) is 9.66. The normalized spacial score (nSPS) is 16.6. The fraction of sp³-hybridized carbons (Fsp3) is 0.611. The summed E-state index contributed by atoms with van der Waals surface area (Å²) in [6, 6.07) is 0. The van der Waals surface area contributed by atoms with Crippen LogP contribution in [0.2, 0.25) is 0 Å². The molecular weight excluding hydrogens is 340 g/mol. The number of thiophene rings is 1. The third-order valence-corrected chi connectivity index (χ3v) is 5.55. The van der Waals surface area contributed by atoms with Gasteiger partial charge in [-0.3, -0.25) is 9.59 Å². The summed E-state index contributed by atoms with van der Waals surface area (Å²) >= 11 is 1.39. The van der Waals surface area contributed by atoms with Gasteiger partial charge in [0.15, 0.2) is 0 Å². The van der Waals surface area contributed by atoms with Crippen molar-refractivity contribution in [3.8, 4) is 0 Å². The minimum absolute atomic E-state index is 0.136. The van der Waals surface area contributed by atoms with E-state index in [4.69, 9.17) is 4.74 Å². The van der Waals surface area contributed by atoms with Crippen LogP contribution in [-0.4, -0.2) is 35.3 Å². The maximum absolute atomic E-state index is 12.6. The summed E-state index contributed by atoms with van der Waals surface area (Å²) in [5, 5.41) is 3.37. The molecule has 1 aromatic rings. The van der Waals surface area contributed by atoms with Crippen LogP contribution < -0.4 is 5.32 Å². The lowest BCUT2D eigenvalue weighted by Gasteiger charge is -2.27. The van der Waals surface area contributed by atoms with E-state index in [9.17, 15) is 14.4 Å². The molecule has 136 valence electrons. The molecule has 1 aromatic heterocycles. The fourth-order valence-electron chi connectivity index (χ4n) is 2.97. The molecule has 2 heterocycles. The summed E-state index contributed by atoms with van der Waals surface area (Å²) in [6.45, 7) is 6.50. The van der Waals surface area contributed by atoms with Gasteiger partial charge < -0.3 is 15.0 Å². The predicted molar refractivity (Wildman–Crippen MR) is 95.6 cm³/mol. The van der Waals surface area contributed by atoms with Crippen molar-refractivity contribution in [1.29, 1.82) is 0 Å². The summed E-state index contributed by atoms with van der Waals surface area (Å²) in [4.78, 5) is 39.6. The zero-order valence-corrected chi connectivity index (χ0v) is 15.7. The van der Waals surface area contributed by atoms with Gasteiger partial charge in [-0.15, -0.1) is 11.3 Å². The molecule has 1 N–H and O–H groups in total. The van der Waals surface area contributed by atoms with Gasteiger partial charge in [-0.1, -0.05) is 6.92 Å². The van der Waals surface area contributed by atoms with E-state index in [1.165, 1.54) is 11.3 Å². The average molecular weight is 364 g/mol. The number of hydrogen-bond donors (Lipinski definition) is 1. The Balaban J connectivity index is 1.89. The molecule has 6 nitrogen and oxygen atoms in total. The van der Waals surface area contributed by atoms with Crippen molar-refractivity contribution in [3.05, 3.63) is 16.0 Å². The number of nitrogens with zero attached hydrogens (tertiary/aromatic N) is 1. The fourth-order valence-corrected chi connectivity index (χ4v) is 4.24. The highest BCUT2D eigenvalue weighted by atomic mass is 32.1. The van der Waals surface area contributed by atoms with Gasteiger partial charge in [0.25, 0.3) is 0 Å². The maximum Gasteiger partial charge on any atom is 0.341 e. The predicted octanol–water partition coefficient (Wildman–Crippen LogP) is 2.96. The molecule has 2 aliphatic rings. The molecule has 3 rings (SSSR count). The molecule has 0 aromatic carbocycles. The Morgan fingerprint density at radius 1 is 1.32 bits per heavy atom. The Bertz CT molecular complexity index is 706. The van der Waals surface area contributed by atoms with Crippen molar-refractivity contribution >= 4 is 34.1 Å². The molecule has 0 bridgehead atoms. The third kappa shape index (κ3) is 3.86. The van der Waals surface area contributed by atoms with E-state index in [-0.39, 0.29) is 23.8 Å². The van der Waals surface area contributed by atoms with Crippen LogP contribution in [0.3, 0.4) is 0 Å². The topological polar surface area (TPSA) is 75.7 Å². The second-order valence-corrected chi connectivity index (χ2v) is 7.95. The van der Waals surface area contributed by atoms with E-state index in [1.54, 1.807) is 20.8 Å². The number of rotatable bonds is 5. The quantitative estimate of drug-likeness (QED) is 0.815. The van der Waals surface area contributed by atoms with Gasteiger partial charge in [-0.2, -0.15) is 0 Å². The molecule has 7 heteroatoms. The number of fused-ring (bicyclic) bond motifs is 1. The van der Waals surface area contributed by atoms with Crippen LogP contribution in [-0.2, 0) is 27.3 Å². The van der Waals surface area contributed by atoms with Crippen molar-refractivity contribution in [3.63, 3.8) is 0 Å². The molecule has 0 spiro atoms. The maximum atomic E-state index is 12.6.